The van der Waals surface area contributed by atoms with Gasteiger partial charge in [0.05, 0.1) is 16.9 Å². The molecule has 0 aromatic heterocycles. The zero-order valence-corrected chi connectivity index (χ0v) is 13.1. The molecule has 1 aliphatic carbocycles. The lowest BCUT2D eigenvalue weighted by Gasteiger charge is -2.18. The van der Waals surface area contributed by atoms with E-state index in [9.17, 15) is 13.2 Å². The molecule has 1 N–H and O–H groups in total. The second-order valence-electron chi connectivity index (χ2n) is 6.43. The maximum atomic E-state index is 12.5. The van der Waals surface area contributed by atoms with E-state index in [2.05, 4.69) is 11.4 Å². The van der Waals surface area contributed by atoms with Crippen LogP contribution in [0.3, 0.4) is 0 Å². The van der Waals surface area contributed by atoms with Gasteiger partial charge in [-0.3, -0.25) is 4.79 Å². The van der Waals surface area contributed by atoms with Gasteiger partial charge in [-0.15, -0.1) is 0 Å². The highest BCUT2D eigenvalue weighted by molar-refractivity contribution is 7.91. The van der Waals surface area contributed by atoms with Crippen molar-refractivity contribution in [2.45, 2.75) is 31.6 Å². The van der Waals surface area contributed by atoms with Crippen LogP contribution in [-0.2, 0) is 20.0 Å². The summed E-state index contributed by atoms with van der Waals surface area (Å²) in [5.74, 6) is 0.603. The number of aryl methyl sites for hydroxylation is 1. The van der Waals surface area contributed by atoms with Crippen LogP contribution in [0.1, 0.15) is 30.4 Å². The fraction of sp³-hybridized carbons (Fsp3) is 0.562. The molecule has 0 unspecified atom stereocenters. The van der Waals surface area contributed by atoms with Gasteiger partial charge in [-0.2, -0.15) is 0 Å². The largest absolute Gasteiger partial charge is 0.355 e. The first-order valence-corrected chi connectivity index (χ1v) is 9.29. The predicted molar refractivity (Wildman–Crippen MR) is 81.9 cm³/mol. The number of rotatable bonds is 4. The Hall–Kier alpha value is -1.36. The Morgan fingerprint density at radius 1 is 1.38 bits per heavy atom. The normalized spacial score (nSPS) is 25.5. The monoisotopic (exact) mass is 307 g/mol. The summed E-state index contributed by atoms with van der Waals surface area (Å²) in [6.07, 6.45) is 2.43. The van der Waals surface area contributed by atoms with Crippen LogP contribution in [-0.4, -0.2) is 32.4 Å². The number of nitrogens with one attached hydrogen (secondary N) is 1. The first-order chi connectivity index (χ1) is 9.91. The molecule has 5 heteroatoms. The lowest BCUT2D eigenvalue weighted by molar-refractivity contribution is -0.123. The molecule has 4 nitrogen and oxygen atoms in total. The van der Waals surface area contributed by atoms with Crippen LogP contribution in [0.25, 0.3) is 0 Å². The van der Waals surface area contributed by atoms with E-state index in [1.165, 1.54) is 0 Å². The molecule has 0 bridgehead atoms. The average molecular weight is 307 g/mol. The van der Waals surface area contributed by atoms with Gasteiger partial charge in [-0.1, -0.05) is 29.8 Å². The van der Waals surface area contributed by atoms with Crippen LogP contribution in [0.2, 0.25) is 0 Å². The first-order valence-electron chi connectivity index (χ1n) is 7.47. The van der Waals surface area contributed by atoms with E-state index in [4.69, 9.17) is 0 Å². The van der Waals surface area contributed by atoms with Gasteiger partial charge in [0.1, 0.15) is 0 Å². The van der Waals surface area contributed by atoms with Crippen LogP contribution >= 0.6 is 0 Å². The van der Waals surface area contributed by atoms with Crippen molar-refractivity contribution in [2.24, 2.45) is 5.92 Å². The van der Waals surface area contributed by atoms with Gasteiger partial charge in [0.2, 0.25) is 5.91 Å². The van der Waals surface area contributed by atoms with Crippen molar-refractivity contribution < 1.29 is 13.2 Å². The molecule has 0 radical (unpaired) electrons. The molecule has 1 atom stereocenters. The van der Waals surface area contributed by atoms with Gasteiger partial charge in [0.15, 0.2) is 9.84 Å². The molecule has 1 aromatic carbocycles. The fourth-order valence-electron chi connectivity index (χ4n) is 3.15. The van der Waals surface area contributed by atoms with Crippen molar-refractivity contribution in [1.29, 1.82) is 0 Å². The van der Waals surface area contributed by atoms with Gasteiger partial charge in [0.25, 0.3) is 0 Å². The highest BCUT2D eigenvalue weighted by atomic mass is 32.2. The van der Waals surface area contributed by atoms with Gasteiger partial charge < -0.3 is 5.32 Å². The number of carbonyl (C=O) groups excluding carboxylic acids is 1. The third kappa shape index (κ3) is 2.98. The Bertz CT molecular complexity index is 662. The number of carbonyl (C=O) groups is 1. The minimum Gasteiger partial charge on any atom is -0.355 e. The molecule has 21 heavy (non-hydrogen) atoms. The van der Waals surface area contributed by atoms with E-state index in [-0.39, 0.29) is 28.7 Å². The minimum atomic E-state index is -2.87. The summed E-state index contributed by atoms with van der Waals surface area (Å²) >= 11 is 0. The lowest BCUT2D eigenvalue weighted by atomic mass is 9.93. The van der Waals surface area contributed by atoms with Crippen LogP contribution in [0.4, 0.5) is 0 Å². The molecule has 3 rings (SSSR count). The van der Waals surface area contributed by atoms with Gasteiger partial charge in [-0.05, 0) is 37.7 Å². The van der Waals surface area contributed by atoms with Crippen LogP contribution < -0.4 is 5.32 Å². The second kappa shape index (κ2) is 5.13. The molecule has 114 valence electrons. The standard InChI is InChI=1S/C16H21NO3S/c1-12-3-2-4-14(9-12)16(6-7-16)15(18)17-10-13-5-8-21(19,20)11-13/h2-4,9,13H,5-8,10-11H2,1H3,(H,17,18)/t13-/m0/s1. The third-order valence-electron chi connectivity index (χ3n) is 4.63. The molecular formula is C16H21NO3S. The Balaban J connectivity index is 1.63. The number of amides is 1. The van der Waals surface area contributed by atoms with Crippen LogP contribution in [0.15, 0.2) is 24.3 Å². The van der Waals surface area contributed by atoms with Crippen LogP contribution in [0.5, 0.6) is 0 Å². The van der Waals surface area contributed by atoms with Gasteiger partial charge in [-0.25, -0.2) is 8.42 Å². The van der Waals surface area contributed by atoms with Crippen molar-refractivity contribution in [3.8, 4) is 0 Å². The van der Waals surface area contributed by atoms with Crippen molar-refractivity contribution in [3.63, 3.8) is 0 Å². The summed E-state index contributed by atoms with van der Waals surface area (Å²) in [5.41, 5.74) is 1.87. The number of sulfone groups is 1. The Morgan fingerprint density at radius 2 is 2.14 bits per heavy atom. The first kappa shape index (κ1) is 14.6. The molecule has 1 aliphatic heterocycles. The topological polar surface area (TPSA) is 63.2 Å². The molecule has 2 fully saturated rings. The Labute approximate surface area is 125 Å². The summed E-state index contributed by atoms with van der Waals surface area (Å²) in [6, 6.07) is 8.11. The molecule has 2 aliphatic rings. The summed E-state index contributed by atoms with van der Waals surface area (Å²) < 4.78 is 22.9. The molecule has 1 saturated carbocycles. The molecular weight excluding hydrogens is 286 g/mol. The Kier molecular flexibility index (Phi) is 3.56. The number of hydrogen-bond acceptors (Lipinski definition) is 3. The summed E-state index contributed by atoms with van der Waals surface area (Å²) in [7, 11) is -2.87. The van der Waals surface area contributed by atoms with Crippen molar-refractivity contribution in [3.05, 3.63) is 35.4 Å². The maximum absolute atomic E-state index is 12.5. The zero-order chi connectivity index (χ0) is 15.1. The van der Waals surface area contributed by atoms with E-state index in [1.807, 2.05) is 25.1 Å². The quantitative estimate of drug-likeness (QED) is 0.918. The average Bonchev–Trinajstić information content (AvgIpc) is 3.16. The number of hydrogen-bond donors (Lipinski definition) is 1. The lowest BCUT2D eigenvalue weighted by Crippen LogP contribution is -2.38. The predicted octanol–water partition coefficient (Wildman–Crippen LogP) is 1.58. The van der Waals surface area contributed by atoms with E-state index in [0.717, 1.165) is 24.0 Å². The Morgan fingerprint density at radius 3 is 2.71 bits per heavy atom. The fourth-order valence-corrected chi connectivity index (χ4v) is 5.02. The van der Waals surface area contributed by atoms with Crippen molar-refractivity contribution in [2.75, 3.05) is 18.1 Å². The zero-order valence-electron chi connectivity index (χ0n) is 12.3. The molecule has 0 spiro atoms. The summed E-state index contributed by atoms with van der Waals surface area (Å²) in [6.45, 7) is 2.51. The summed E-state index contributed by atoms with van der Waals surface area (Å²) in [5, 5.41) is 2.98. The smallest absolute Gasteiger partial charge is 0.230 e. The molecule has 1 aromatic rings. The van der Waals surface area contributed by atoms with E-state index >= 15 is 0 Å². The highest BCUT2D eigenvalue weighted by Gasteiger charge is 2.51. The molecule has 1 saturated heterocycles. The highest BCUT2D eigenvalue weighted by Crippen LogP contribution is 2.48. The second-order valence-corrected chi connectivity index (χ2v) is 8.66. The van der Waals surface area contributed by atoms with Crippen molar-refractivity contribution >= 4 is 15.7 Å². The summed E-state index contributed by atoms with van der Waals surface area (Å²) in [4.78, 5) is 12.5. The van der Waals surface area contributed by atoms with Crippen LogP contribution in [0, 0.1) is 12.8 Å². The third-order valence-corrected chi connectivity index (χ3v) is 6.47. The maximum Gasteiger partial charge on any atom is 0.230 e. The molecule has 1 amide bonds. The van der Waals surface area contributed by atoms with E-state index in [0.29, 0.717) is 13.0 Å². The van der Waals surface area contributed by atoms with Gasteiger partial charge >= 0.3 is 0 Å². The van der Waals surface area contributed by atoms with Gasteiger partial charge in [0, 0.05) is 6.54 Å². The minimum absolute atomic E-state index is 0.0531. The molecule has 1 heterocycles. The SMILES string of the molecule is Cc1cccc(C2(C(=O)NC[C@@H]3CCS(=O)(=O)C3)CC2)c1. The van der Waals surface area contributed by atoms with Crippen molar-refractivity contribution in [1.82, 2.24) is 5.32 Å². The van der Waals surface area contributed by atoms with E-state index in [1.54, 1.807) is 0 Å². The van der Waals surface area contributed by atoms with E-state index < -0.39 is 9.84 Å². The number of benzene rings is 1.